The second kappa shape index (κ2) is 19.2. The number of nitrogens with zero attached hydrogens (tertiary/aromatic N) is 4. The Labute approximate surface area is 328 Å². The van der Waals surface area contributed by atoms with Crippen molar-refractivity contribution >= 4 is 51.7 Å². The molecule has 1 aliphatic rings. The Morgan fingerprint density at radius 1 is 0.714 bits per heavy atom. The molecule has 0 fully saturated rings. The van der Waals surface area contributed by atoms with Gasteiger partial charge < -0.3 is 20.1 Å². The first-order valence-corrected chi connectivity index (χ1v) is 17.7. The van der Waals surface area contributed by atoms with E-state index in [0.717, 1.165) is 24.1 Å². The summed E-state index contributed by atoms with van der Waals surface area (Å²) in [5.41, 5.74) is 5.37. The minimum Gasteiger partial charge on any atom is -0.493 e. The number of anilines is 2. The third-order valence-electron chi connectivity index (χ3n) is 8.37. The topological polar surface area (TPSA) is 174 Å². The van der Waals surface area contributed by atoms with Crippen LogP contribution in [0.4, 0.5) is 11.4 Å². The molecule has 0 aliphatic carbocycles. The maximum atomic E-state index is 13.3. The van der Waals surface area contributed by atoms with Gasteiger partial charge in [-0.25, -0.2) is 5.01 Å². The Hall–Kier alpha value is -7.28. The fraction of sp³-hybridized carbons (Fsp3) is 0.140. The predicted molar refractivity (Wildman–Crippen MR) is 212 cm³/mol. The second-order valence-corrected chi connectivity index (χ2v) is 12.4. The van der Waals surface area contributed by atoms with Gasteiger partial charge >= 0.3 is 0 Å². The van der Waals surface area contributed by atoms with E-state index in [9.17, 15) is 19.2 Å². The zero-order chi connectivity index (χ0) is 40.0. The monoisotopic (exact) mass is 766 g/mol. The number of carbonyl (C=O) groups excluding carboxylic acids is 4. The summed E-state index contributed by atoms with van der Waals surface area (Å²) in [5.74, 6) is 0.370. The maximum absolute atomic E-state index is 13.3. The van der Waals surface area contributed by atoms with Crippen molar-refractivity contribution in [2.45, 2.75) is 19.8 Å². The second-order valence-electron chi connectivity index (χ2n) is 12.1. The molecule has 0 bridgehead atoms. The Morgan fingerprint density at radius 3 is 1.70 bits per heavy atom. The Balaban J connectivity index is 0.000000470. The van der Waals surface area contributed by atoms with Crippen molar-refractivity contribution in [3.8, 4) is 23.6 Å². The SMILES string of the molecule is CCOc1cc(C2=NN(C(=O)c3ccc(NC(=O)c4ccc(NC(=O)c5ccc(C#N)cc5)cc4)cc3)CCC2)ccc1OC.N#Cc1ccc(C(=O)Cl)cc1. The largest absolute Gasteiger partial charge is 0.493 e. The number of nitriles is 2. The molecule has 12 nitrogen and oxygen atoms in total. The molecule has 1 aliphatic heterocycles. The lowest BCUT2D eigenvalue weighted by Crippen LogP contribution is -2.32. The van der Waals surface area contributed by atoms with Crippen LogP contribution < -0.4 is 20.1 Å². The van der Waals surface area contributed by atoms with Crippen LogP contribution in [0.5, 0.6) is 11.5 Å². The van der Waals surface area contributed by atoms with Crippen LogP contribution in [0.15, 0.2) is 120 Å². The lowest BCUT2D eigenvalue weighted by Gasteiger charge is -2.24. The molecule has 0 saturated carbocycles. The molecule has 2 N–H and O–H groups in total. The summed E-state index contributed by atoms with van der Waals surface area (Å²) in [6.07, 6.45) is 1.50. The molecule has 0 saturated heterocycles. The zero-order valence-electron chi connectivity index (χ0n) is 30.4. The van der Waals surface area contributed by atoms with Gasteiger partial charge in [0.1, 0.15) is 0 Å². The van der Waals surface area contributed by atoms with Crippen molar-refractivity contribution in [2.24, 2.45) is 5.10 Å². The van der Waals surface area contributed by atoms with E-state index in [1.54, 1.807) is 92.0 Å². The van der Waals surface area contributed by atoms with Crippen LogP contribution >= 0.6 is 11.6 Å². The Kier molecular flexibility index (Phi) is 13.7. The van der Waals surface area contributed by atoms with Crippen LogP contribution in [0.1, 0.15) is 77.9 Å². The van der Waals surface area contributed by atoms with Gasteiger partial charge in [0, 0.05) is 45.7 Å². The first kappa shape index (κ1) is 39.9. The van der Waals surface area contributed by atoms with E-state index in [1.807, 2.05) is 37.3 Å². The number of methoxy groups -OCH3 is 1. The summed E-state index contributed by atoms with van der Waals surface area (Å²) >= 11 is 5.18. The molecule has 1 heterocycles. The molecule has 0 unspecified atom stereocenters. The van der Waals surface area contributed by atoms with E-state index in [2.05, 4.69) is 15.7 Å². The van der Waals surface area contributed by atoms with Crippen molar-refractivity contribution in [1.29, 1.82) is 10.5 Å². The van der Waals surface area contributed by atoms with Crippen LogP contribution in [0.3, 0.4) is 0 Å². The molecular formula is C43H35ClN6O6. The summed E-state index contributed by atoms with van der Waals surface area (Å²) in [6, 6.07) is 35.2. The van der Waals surface area contributed by atoms with E-state index in [1.165, 1.54) is 17.1 Å². The van der Waals surface area contributed by atoms with Gasteiger partial charge in [-0.05, 0) is 147 Å². The van der Waals surface area contributed by atoms with Crippen molar-refractivity contribution in [3.05, 3.63) is 154 Å². The highest BCUT2D eigenvalue weighted by Crippen LogP contribution is 2.30. The van der Waals surface area contributed by atoms with Gasteiger partial charge in [-0.3, -0.25) is 19.2 Å². The number of amides is 3. The lowest BCUT2D eigenvalue weighted by molar-refractivity contribution is 0.0751. The van der Waals surface area contributed by atoms with Crippen LogP contribution in [-0.2, 0) is 0 Å². The minimum absolute atomic E-state index is 0.234. The van der Waals surface area contributed by atoms with Gasteiger partial charge in [0.05, 0.1) is 42.7 Å². The Bertz CT molecular complexity index is 2330. The van der Waals surface area contributed by atoms with Gasteiger partial charge in [-0.1, -0.05) is 0 Å². The van der Waals surface area contributed by atoms with Crippen LogP contribution in [0, 0.1) is 22.7 Å². The molecule has 13 heteroatoms. The summed E-state index contributed by atoms with van der Waals surface area (Å²) in [7, 11) is 1.59. The molecule has 0 atom stereocenters. The number of benzene rings is 5. The van der Waals surface area contributed by atoms with Crippen molar-refractivity contribution in [3.63, 3.8) is 0 Å². The highest BCUT2D eigenvalue weighted by Gasteiger charge is 2.22. The quantitative estimate of drug-likeness (QED) is 0.134. The van der Waals surface area contributed by atoms with Crippen LogP contribution in [-0.4, -0.2) is 53.9 Å². The Morgan fingerprint density at radius 2 is 1.21 bits per heavy atom. The smallest absolute Gasteiger partial charge is 0.273 e. The maximum Gasteiger partial charge on any atom is 0.273 e. The van der Waals surface area contributed by atoms with Crippen molar-refractivity contribution < 1.29 is 28.7 Å². The number of hydrazone groups is 1. The van der Waals surface area contributed by atoms with E-state index in [0.29, 0.717) is 69.4 Å². The number of halogens is 1. The molecule has 3 amide bonds. The molecule has 280 valence electrons. The fourth-order valence-electron chi connectivity index (χ4n) is 5.44. The first-order chi connectivity index (χ1) is 27.1. The lowest BCUT2D eigenvalue weighted by atomic mass is 10.0. The number of carbonyl (C=O) groups is 4. The summed E-state index contributed by atoms with van der Waals surface area (Å²) in [4.78, 5) is 49.1. The standard InChI is InChI=1S/C35H31N5O5.C8H4ClNO/c1-3-45-32-21-27(14-19-31(32)44-2)30-5-4-20-40(39-30)35(43)26-12-17-29(18-13-26)38-34(42)25-10-15-28(16-11-25)37-33(41)24-8-6-23(22-36)7-9-24;9-8(11)7-3-1-6(5-10)2-4-7/h6-19,21H,3-5,20H2,1-2H3,(H,37,41)(H,38,42);1-4H. The normalized spacial score (nSPS) is 11.7. The molecule has 56 heavy (non-hydrogen) atoms. The summed E-state index contributed by atoms with van der Waals surface area (Å²) < 4.78 is 11.1. The van der Waals surface area contributed by atoms with E-state index in [4.69, 9.17) is 31.6 Å². The highest BCUT2D eigenvalue weighted by molar-refractivity contribution is 6.67. The summed E-state index contributed by atoms with van der Waals surface area (Å²) in [6.45, 7) is 2.91. The third kappa shape index (κ3) is 10.4. The van der Waals surface area contributed by atoms with Gasteiger partial charge in [0.15, 0.2) is 11.5 Å². The average molecular weight is 767 g/mol. The molecular weight excluding hydrogens is 732 g/mol. The zero-order valence-corrected chi connectivity index (χ0v) is 31.2. The molecule has 0 spiro atoms. The van der Waals surface area contributed by atoms with Crippen LogP contribution in [0.25, 0.3) is 0 Å². The summed E-state index contributed by atoms with van der Waals surface area (Å²) in [5, 5.41) is 28.5. The molecule has 5 aromatic rings. The number of rotatable bonds is 10. The number of hydrogen-bond acceptors (Lipinski definition) is 9. The van der Waals surface area contributed by atoms with E-state index < -0.39 is 5.24 Å². The predicted octanol–water partition coefficient (Wildman–Crippen LogP) is 8.05. The fourth-order valence-corrected chi connectivity index (χ4v) is 5.57. The third-order valence-corrected chi connectivity index (χ3v) is 8.59. The average Bonchev–Trinajstić information content (AvgIpc) is 3.24. The molecule has 6 rings (SSSR count). The molecule has 0 aromatic heterocycles. The first-order valence-electron chi connectivity index (χ1n) is 17.4. The van der Waals surface area contributed by atoms with Gasteiger partial charge in [-0.15, -0.1) is 0 Å². The molecule has 5 aromatic carbocycles. The number of nitrogens with one attached hydrogen (secondary N) is 2. The highest BCUT2D eigenvalue weighted by atomic mass is 35.5. The number of ether oxygens (including phenoxy) is 2. The van der Waals surface area contributed by atoms with Crippen molar-refractivity contribution in [1.82, 2.24) is 5.01 Å². The number of hydrogen-bond donors (Lipinski definition) is 2. The minimum atomic E-state index is -0.505. The van der Waals surface area contributed by atoms with E-state index >= 15 is 0 Å². The van der Waals surface area contributed by atoms with Gasteiger partial charge in [0.2, 0.25) is 0 Å². The van der Waals surface area contributed by atoms with Crippen LogP contribution in [0.2, 0.25) is 0 Å². The van der Waals surface area contributed by atoms with Crippen molar-refractivity contribution in [2.75, 3.05) is 30.9 Å². The van der Waals surface area contributed by atoms with Gasteiger partial charge in [0.25, 0.3) is 23.0 Å². The van der Waals surface area contributed by atoms with Gasteiger partial charge in [-0.2, -0.15) is 15.6 Å². The molecule has 0 radical (unpaired) electrons. The van der Waals surface area contributed by atoms with E-state index in [-0.39, 0.29) is 17.7 Å².